The molecule has 1 aromatic rings. The lowest BCUT2D eigenvalue weighted by Crippen LogP contribution is -2.37. The van der Waals surface area contributed by atoms with Gasteiger partial charge in [0.1, 0.15) is 6.54 Å². The molecule has 2 rings (SSSR count). The Morgan fingerprint density at radius 3 is 2.58 bits per heavy atom. The van der Waals surface area contributed by atoms with Crippen LogP contribution in [0.15, 0.2) is 40.4 Å². The average Bonchev–Trinajstić information content (AvgIpc) is 2.57. The molecule has 1 amide bonds. The number of aryl methyl sites for hydroxylation is 1. The van der Waals surface area contributed by atoms with E-state index in [1.807, 2.05) is 19.1 Å². The summed E-state index contributed by atoms with van der Waals surface area (Å²) < 4.78 is 33.5. The molecule has 1 N–H and O–H groups in total. The van der Waals surface area contributed by atoms with E-state index in [1.165, 1.54) is 6.92 Å². The molecule has 0 saturated carbocycles. The molecule has 1 aliphatic heterocycles. The summed E-state index contributed by atoms with van der Waals surface area (Å²) in [5.41, 5.74) is 1.57. The third kappa shape index (κ3) is 4.48. The number of esters is 1. The van der Waals surface area contributed by atoms with Gasteiger partial charge in [-0.25, -0.2) is 9.10 Å². The number of carbonyl (C=O) groups is 2. The van der Waals surface area contributed by atoms with Crippen molar-refractivity contribution >= 4 is 33.5 Å². The van der Waals surface area contributed by atoms with Gasteiger partial charge in [0.25, 0.3) is 0 Å². The number of hydrogen-bond donors (Lipinski definition) is 1. The summed E-state index contributed by atoms with van der Waals surface area (Å²) in [6.07, 6.45) is 1.80. The Kier molecular flexibility index (Phi) is 6.14. The maximum absolute atomic E-state index is 12.3. The Labute approximate surface area is 152 Å². The highest BCUT2D eigenvalue weighted by Gasteiger charge is 2.30. The van der Waals surface area contributed by atoms with Crippen LogP contribution in [0.25, 0.3) is 0 Å². The largest absolute Gasteiger partial charge is 0.462 e. The number of para-hydroxylation sites is 1. The summed E-state index contributed by atoms with van der Waals surface area (Å²) in [6, 6.07) is 7.25. The van der Waals surface area contributed by atoms with Gasteiger partial charge in [-0.3, -0.25) is 4.79 Å². The predicted molar refractivity (Wildman–Crippen MR) is 97.9 cm³/mol. The van der Waals surface area contributed by atoms with E-state index < -0.39 is 28.6 Å². The highest BCUT2D eigenvalue weighted by molar-refractivity contribution is 7.88. The van der Waals surface area contributed by atoms with Crippen molar-refractivity contribution in [3.63, 3.8) is 0 Å². The molecule has 1 heterocycles. The van der Waals surface area contributed by atoms with Crippen molar-refractivity contribution in [3.05, 3.63) is 41.6 Å². The molecule has 0 atom stereocenters. The molecule has 0 aromatic heterocycles. The Bertz CT molecular complexity index is 874. The molecule has 0 fully saturated rings. The molecular formula is C17H21N3O5S. The zero-order valence-corrected chi connectivity index (χ0v) is 15.7. The van der Waals surface area contributed by atoms with Gasteiger partial charge < -0.3 is 10.1 Å². The first-order valence-corrected chi connectivity index (χ1v) is 9.53. The summed E-state index contributed by atoms with van der Waals surface area (Å²) in [6.45, 7) is 4.63. The highest BCUT2D eigenvalue weighted by atomic mass is 32.2. The molecule has 1 aromatic carbocycles. The number of amides is 1. The van der Waals surface area contributed by atoms with Crippen LogP contribution in [-0.2, 0) is 31.0 Å². The third-order valence-electron chi connectivity index (χ3n) is 3.68. The van der Waals surface area contributed by atoms with E-state index in [9.17, 15) is 18.0 Å². The monoisotopic (exact) mass is 379 g/mol. The lowest BCUT2D eigenvalue weighted by Gasteiger charge is -2.23. The van der Waals surface area contributed by atoms with Crippen LogP contribution in [0.5, 0.6) is 0 Å². The van der Waals surface area contributed by atoms with Gasteiger partial charge in [0.15, 0.2) is 0 Å². The molecule has 0 saturated heterocycles. The summed E-state index contributed by atoms with van der Waals surface area (Å²) in [7, 11) is -4.08. The van der Waals surface area contributed by atoms with Crippen molar-refractivity contribution in [1.82, 2.24) is 4.31 Å². The van der Waals surface area contributed by atoms with Crippen LogP contribution in [0.2, 0.25) is 0 Å². The summed E-state index contributed by atoms with van der Waals surface area (Å²) in [5.74, 6) is -1.23. The van der Waals surface area contributed by atoms with Crippen molar-refractivity contribution in [2.24, 2.45) is 4.40 Å². The molecule has 9 heteroatoms. The molecule has 0 bridgehead atoms. The fourth-order valence-corrected chi connectivity index (χ4v) is 3.47. The Morgan fingerprint density at radius 2 is 1.92 bits per heavy atom. The van der Waals surface area contributed by atoms with E-state index in [2.05, 4.69) is 9.71 Å². The van der Waals surface area contributed by atoms with Gasteiger partial charge >= 0.3 is 16.2 Å². The van der Waals surface area contributed by atoms with E-state index >= 15 is 0 Å². The molecule has 8 nitrogen and oxygen atoms in total. The molecule has 0 aliphatic carbocycles. The smallest absolute Gasteiger partial charge is 0.344 e. The van der Waals surface area contributed by atoms with E-state index in [-0.39, 0.29) is 17.9 Å². The zero-order chi connectivity index (χ0) is 19.3. The zero-order valence-electron chi connectivity index (χ0n) is 14.9. The Morgan fingerprint density at radius 1 is 1.23 bits per heavy atom. The van der Waals surface area contributed by atoms with Crippen LogP contribution in [0.4, 0.5) is 5.69 Å². The number of nitrogens with one attached hydrogen (secondary N) is 1. The molecule has 26 heavy (non-hydrogen) atoms. The number of hydrogen-bond acceptors (Lipinski definition) is 5. The van der Waals surface area contributed by atoms with Crippen LogP contribution >= 0.6 is 0 Å². The number of ether oxygens (including phenoxy) is 1. The van der Waals surface area contributed by atoms with E-state index in [0.717, 1.165) is 22.5 Å². The van der Waals surface area contributed by atoms with Crippen molar-refractivity contribution in [1.29, 1.82) is 0 Å². The first kappa shape index (κ1) is 19.6. The van der Waals surface area contributed by atoms with Gasteiger partial charge in [0, 0.05) is 11.9 Å². The first-order valence-electron chi connectivity index (χ1n) is 8.13. The molecule has 1 aliphatic rings. The highest BCUT2D eigenvalue weighted by Crippen LogP contribution is 2.19. The van der Waals surface area contributed by atoms with Crippen molar-refractivity contribution < 1.29 is 22.7 Å². The molecule has 0 radical (unpaired) electrons. The number of carbonyl (C=O) groups excluding carboxylic acids is 2. The minimum atomic E-state index is -4.08. The van der Waals surface area contributed by atoms with Crippen molar-refractivity contribution in [2.45, 2.75) is 27.2 Å². The lowest BCUT2D eigenvalue weighted by atomic mass is 10.1. The fourth-order valence-electron chi connectivity index (χ4n) is 2.40. The minimum absolute atomic E-state index is 0.00318. The fraction of sp³-hybridized carbons (Fsp3) is 0.353. The van der Waals surface area contributed by atoms with Crippen molar-refractivity contribution in [3.8, 4) is 0 Å². The second-order valence-electron chi connectivity index (χ2n) is 5.52. The number of benzene rings is 1. The normalized spacial score (nSPS) is 15.7. The third-order valence-corrected chi connectivity index (χ3v) is 5.01. The lowest BCUT2D eigenvalue weighted by molar-refractivity contribution is -0.138. The molecular weight excluding hydrogens is 358 g/mol. The topological polar surface area (TPSA) is 105 Å². The van der Waals surface area contributed by atoms with Gasteiger partial charge in [-0.05, 0) is 31.9 Å². The first-order chi connectivity index (χ1) is 12.3. The molecule has 140 valence electrons. The summed E-state index contributed by atoms with van der Waals surface area (Å²) in [4.78, 5) is 24.2. The van der Waals surface area contributed by atoms with Gasteiger partial charge in [-0.15, -0.1) is 4.40 Å². The SMILES string of the molecule is CCOC(=O)C1=CN(CC(=O)Nc2ccccc2CC)S(=O)(=O)N=C1C. The maximum atomic E-state index is 12.3. The number of nitrogens with zero attached hydrogens (tertiary/aromatic N) is 2. The van der Waals surface area contributed by atoms with Crippen LogP contribution in [0.3, 0.4) is 0 Å². The second-order valence-corrected chi connectivity index (χ2v) is 7.07. The maximum Gasteiger partial charge on any atom is 0.344 e. The predicted octanol–water partition coefficient (Wildman–Crippen LogP) is 1.66. The summed E-state index contributed by atoms with van der Waals surface area (Å²) >= 11 is 0. The van der Waals surface area contributed by atoms with Crippen LogP contribution in [0.1, 0.15) is 26.3 Å². The van der Waals surface area contributed by atoms with Gasteiger partial charge in [-0.1, -0.05) is 25.1 Å². The average molecular weight is 379 g/mol. The van der Waals surface area contributed by atoms with Crippen LogP contribution in [-0.4, -0.2) is 43.5 Å². The quantitative estimate of drug-likeness (QED) is 0.757. The van der Waals surface area contributed by atoms with Gasteiger partial charge in [0.05, 0.1) is 17.9 Å². The minimum Gasteiger partial charge on any atom is -0.462 e. The number of anilines is 1. The van der Waals surface area contributed by atoms with Crippen molar-refractivity contribution in [2.75, 3.05) is 18.5 Å². The molecule has 0 unspecified atom stereocenters. The second kappa shape index (κ2) is 8.13. The van der Waals surface area contributed by atoms with E-state index in [4.69, 9.17) is 4.74 Å². The van der Waals surface area contributed by atoms with E-state index in [1.54, 1.807) is 19.1 Å². The van der Waals surface area contributed by atoms with E-state index in [0.29, 0.717) is 5.69 Å². The summed E-state index contributed by atoms with van der Waals surface area (Å²) in [5, 5.41) is 2.69. The van der Waals surface area contributed by atoms with Crippen LogP contribution in [0, 0.1) is 0 Å². The van der Waals surface area contributed by atoms with Gasteiger partial charge in [-0.2, -0.15) is 8.42 Å². The number of rotatable bonds is 6. The Hall–Kier alpha value is -2.68. The Balaban J connectivity index is 2.20. The molecule has 0 spiro atoms. The van der Waals surface area contributed by atoms with Gasteiger partial charge in [0.2, 0.25) is 5.91 Å². The standard InChI is InChI=1S/C17H21N3O5S/c1-4-13-8-6-7-9-15(13)18-16(21)11-20-10-14(17(22)25-5-2)12(3)19-26(20,23)24/h6-10H,4-5,11H2,1-3H3,(H,18,21). The van der Waals surface area contributed by atoms with Crippen LogP contribution < -0.4 is 5.32 Å².